The van der Waals surface area contributed by atoms with Crippen LogP contribution in [0.2, 0.25) is 0 Å². The number of urea groups is 1. The Kier molecular flexibility index (Phi) is 6.42. The van der Waals surface area contributed by atoms with E-state index in [-0.39, 0.29) is 5.57 Å². The summed E-state index contributed by atoms with van der Waals surface area (Å²) in [6, 6.07) is 19.6. The van der Waals surface area contributed by atoms with Crippen molar-refractivity contribution in [2.24, 2.45) is 0 Å². The zero-order chi connectivity index (χ0) is 23.5. The van der Waals surface area contributed by atoms with Crippen LogP contribution in [0.1, 0.15) is 22.3 Å². The number of imide groups is 2. The van der Waals surface area contributed by atoms with Gasteiger partial charge in [0.15, 0.2) is 0 Å². The Morgan fingerprint density at radius 1 is 0.939 bits per heavy atom. The maximum absolute atomic E-state index is 13.1. The molecule has 0 aliphatic carbocycles. The fourth-order valence-corrected chi connectivity index (χ4v) is 3.68. The molecule has 0 unspecified atom stereocenters. The first-order valence-corrected chi connectivity index (χ1v) is 11.1. The summed E-state index contributed by atoms with van der Waals surface area (Å²) < 4.78 is 6.80. The van der Waals surface area contributed by atoms with Crippen molar-refractivity contribution < 1.29 is 19.1 Å². The first kappa shape index (κ1) is 22.5. The number of barbiturate groups is 1. The van der Waals surface area contributed by atoms with E-state index in [0.717, 1.165) is 26.1 Å². The van der Waals surface area contributed by atoms with Crippen molar-refractivity contribution in [3.63, 3.8) is 0 Å². The molecule has 7 heteroatoms. The van der Waals surface area contributed by atoms with Gasteiger partial charge in [-0.05, 0) is 72.5 Å². The van der Waals surface area contributed by atoms with Crippen LogP contribution in [-0.4, -0.2) is 17.8 Å². The van der Waals surface area contributed by atoms with Crippen LogP contribution in [0.4, 0.5) is 10.5 Å². The Labute approximate surface area is 200 Å². The highest BCUT2D eigenvalue weighted by Gasteiger charge is 2.37. The quantitative estimate of drug-likeness (QED) is 0.377. The fraction of sp³-hybridized carbons (Fsp3) is 0.115. The number of hydrogen-bond acceptors (Lipinski definition) is 4. The first-order chi connectivity index (χ1) is 15.8. The van der Waals surface area contributed by atoms with E-state index < -0.39 is 17.8 Å². The largest absolute Gasteiger partial charge is 0.489 e. The van der Waals surface area contributed by atoms with Gasteiger partial charge >= 0.3 is 6.03 Å². The van der Waals surface area contributed by atoms with E-state index in [1.54, 1.807) is 30.3 Å². The predicted octanol–water partition coefficient (Wildman–Crippen LogP) is 5.31. The molecule has 166 valence electrons. The van der Waals surface area contributed by atoms with Crippen LogP contribution >= 0.6 is 15.9 Å². The summed E-state index contributed by atoms with van der Waals surface area (Å²) in [5.41, 5.74) is 3.67. The van der Waals surface area contributed by atoms with Gasteiger partial charge in [0.25, 0.3) is 11.8 Å². The molecule has 3 aromatic carbocycles. The molecule has 0 saturated carbocycles. The Bertz CT molecular complexity index is 1260. The van der Waals surface area contributed by atoms with Crippen LogP contribution in [0.15, 0.2) is 76.8 Å². The minimum absolute atomic E-state index is 0.112. The van der Waals surface area contributed by atoms with E-state index >= 15 is 0 Å². The molecule has 1 fully saturated rings. The number of nitrogens with zero attached hydrogens (tertiary/aromatic N) is 1. The molecule has 33 heavy (non-hydrogen) atoms. The average Bonchev–Trinajstić information content (AvgIpc) is 2.79. The number of halogens is 1. The third-order valence-electron chi connectivity index (χ3n) is 5.22. The molecule has 0 radical (unpaired) electrons. The highest BCUT2D eigenvalue weighted by atomic mass is 79.9. The zero-order valence-corrected chi connectivity index (χ0v) is 19.7. The van der Waals surface area contributed by atoms with E-state index in [2.05, 4.69) is 21.2 Å². The summed E-state index contributed by atoms with van der Waals surface area (Å²) in [5, 5.41) is 2.26. The smallest absolute Gasteiger partial charge is 0.335 e. The lowest BCUT2D eigenvalue weighted by molar-refractivity contribution is -0.122. The average molecular weight is 505 g/mol. The topological polar surface area (TPSA) is 75.7 Å². The van der Waals surface area contributed by atoms with Gasteiger partial charge in [0.1, 0.15) is 17.9 Å². The highest BCUT2D eigenvalue weighted by Crippen LogP contribution is 2.26. The van der Waals surface area contributed by atoms with Gasteiger partial charge in [-0.1, -0.05) is 52.3 Å². The molecule has 0 spiro atoms. The molecule has 1 aliphatic heterocycles. The fourth-order valence-electron chi connectivity index (χ4n) is 3.41. The predicted molar refractivity (Wildman–Crippen MR) is 130 cm³/mol. The number of aryl methyl sites for hydroxylation is 2. The molecule has 0 atom stereocenters. The minimum atomic E-state index is -0.757. The second-order valence-electron chi connectivity index (χ2n) is 7.73. The number of ether oxygens (including phenoxy) is 1. The molecular formula is C26H21BrN2O4. The Hall–Kier alpha value is -3.71. The molecule has 0 bridgehead atoms. The highest BCUT2D eigenvalue weighted by molar-refractivity contribution is 9.10. The van der Waals surface area contributed by atoms with Gasteiger partial charge < -0.3 is 4.74 Å². The molecule has 4 rings (SSSR count). The van der Waals surface area contributed by atoms with Gasteiger partial charge in [-0.2, -0.15) is 0 Å². The first-order valence-electron chi connectivity index (χ1n) is 10.3. The van der Waals surface area contributed by atoms with E-state index in [0.29, 0.717) is 23.6 Å². The van der Waals surface area contributed by atoms with Crippen molar-refractivity contribution in [2.75, 3.05) is 4.90 Å². The van der Waals surface area contributed by atoms with Gasteiger partial charge in [-0.3, -0.25) is 14.9 Å². The molecule has 3 aromatic rings. The summed E-state index contributed by atoms with van der Waals surface area (Å²) in [6.07, 6.45) is 1.47. The molecule has 1 N–H and O–H groups in total. The Morgan fingerprint density at radius 3 is 2.33 bits per heavy atom. The van der Waals surface area contributed by atoms with Crippen molar-refractivity contribution in [1.82, 2.24) is 5.32 Å². The van der Waals surface area contributed by atoms with Crippen LogP contribution in [0, 0.1) is 13.8 Å². The van der Waals surface area contributed by atoms with Gasteiger partial charge in [0, 0.05) is 4.47 Å². The van der Waals surface area contributed by atoms with Crippen molar-refractivity contribution >= 4 is 45.5 Å². The molecule has 4 amide bonds. The summed E-state index contributed by atoms with van der Waals surface area (Å²) in [4.78, 5) is 39.0. The number of anilines is 1. The van der Waals surface area contributed by atoms with Crippen LogP contribution in [0.5, 0.6) is 5.75 Å². The number of amides is 4. The number of rotatable bonds is 5. The van der Waals surface area contributed by atoms with Gasteiger partial charge in [0.2, 0.25) is 0 Å². The summed E-state index contributed by atoms with van der Waals surface area (Å²) in [6.45, 7) is 4.10. The molecule has 1 saturated heterocycles. The van der Waals surface area contributed by atoms with Gasteiger partial charge in [-0.25, -0.2) is 9.69 Å². The minimum Gasteiger partial charge on any atom is -0.489 e. The summed E-state index contributed by atoms with van der Waals surface area (Å²) in [5.74, 6) is -0.721. The van der Waals surface area contributed by atoms with E-state index in [1.807, 2.05) is 50.2 Å². The van der Waals surface area contributed by atoms with Crippen LogP contribution in [0.3, 0.4) is 0 Å². The lowest BCUT2D eigenvalue weighted by Crippen LogP contribution is -2.54. The van der Waals surface area contributed by atoms with Crippen molar-refractivity contribution in [1.29, 1.82) is 0 Å². The Morgan fingerprint density at radius 2 is 1.64 bits per heavy atom. The normalized spacial score (nSPS) is 15.1. The van der Waals surface area contributed by atoms with Crippen molar-refractivity contribution in [2.45, 2.75) is 20.5 Å². The van der Waals surface area contributed by atoms with E-state index in [1.165, 1.54) is 6.08 Å². The summed E-state index contributed by atoms with van der Waals surface area (Å²) >= 11 is 3.40. The second-order valence-corrected chi connectivity index (χ2v) is 8.65. The number of carbonyl (C=O) groups excluding carboxylic acids is 3. The van der Waals surface area contributed by atoms with Crippen molar-refractivity contribution in [3.05, 3.63) is 99.0 Å². The molecule has 0 aromatic heterocycles. The third kappa shape index (κ3) is 5.04. The lowest BCUT2D eigenvalue weighted by Gasteiger charge is -2.27. The molecule has 1 heterocycles. The molecule has 6 nitrogen and oxygen atoms in total. The van der Waals surface area contributed by atoms with Crippen LogP contribution in [0.25, 0.3) is 6.08 Å². The van der Waals surface area contributed by atoms with Crippen LogP contribution in [-0.2, 0) is 16.2 Å². The number of hydrogen-bond donors (Lipinski definition) is 1. The van der Waals surface area contributed by atoms with Crippen molar-refractivity contribution in [3.8, 4) is 5.75 Å². The maximum Gasteiger partial charge on any atom is 0.335 e. The second kappa shape index (κ2) is 9.42. The summed E-state index contributed by atoms with van der Waals surface area (Å²) in [7, 11) is 0. The number of nitrogens with one attached hydrogen (secondary N) is 1. The SMILES string of the molecule is Cc1ccc(C)c(N2C(=O)NC(=O)/C(=C\c3ccc(OCc4ccc(Br)cc4)cc3)C2=O)c1. The number of benzene rings is 3. The zero-order valence-electron chi connectivity index (χ0n) is 18.1. The molecule has 1 aliphatic rings. The van der Waals surface area contributed by atoms with Gasteiger partial charge in [-0.15, -0.1) is 0 Å². The van der Waals surface area contributed by atoms with E-state index in [4.69, 9.17) is 4.74 Å². The maximum atomic E-state index is 13.1. The van der Waals surface area contributed by atoms with Crippen LogP contribution < -0.4 is 15.0 Å². The number of carbonyl (C=O) groups is 3. The molecular weight excluding hydrogens is 484 g/mol. The third-order valence-corrected chi connectivity index (χ3v) is 5.75. The Balaban J connectivity index is 1.54. The lowest BCUT2D eigenvalue weighted by atomic mass is 10.0. The van der Waals surface area contributed by atoms with E-state index in [9.17, 15) is 14.4 Å². The van der Waals surface area contributed by atoms with Gasteiger partial charge in [0.05, 0.1) is 5.69 Å². The monoisotopic (exact) mass is 504 g/mol. The standard InChI is InChI=1S/C26H21BrN2O4/c1-16-3-4-17(2)23(13-16)29-25(31)22(24(30)28-26(29)32)14-18-7-11-21(12-8-18)33-15-19-5-9-20(27)10-6-19/h3-14H,15H2,1-2H3,(H,28,30,32)/b22-14+.